The lowest BCUT2D eigenvalue weighted by Gasteiger charge is -2.35. The molecule has 4 nitrogen and oxygen atoms in total. The minimum atomic E-state index is 0.241. The molecule has 1 aromatic heterocycles. The fraction of sp³-hybridized carbons (Fsp3) is 0.333. The summed E-state index contributed by atoms with van der Waals surface area (Å²) in [6, 6.07) is 14.1. The average molecular weight is 374 g/mol. The molecule has 2 aromatic rings. The van der Waals surface area contributed by atoms with E-state index in [4.69, 9.17) is 0 Å². The van der Waals surface area contributed by atoms with Gasteiger partial charge in [0.15, 0.2) is 0 Å². The predicted molar refractivity (Wildman–Crippen MR) is 95.5 cm³/mol. The van der Waals surface area contributed by atoms with E-state index in [-0.39, 0.29) is 5.91 Å². The minimum Gasteiger partial charge on any atom is -0.353 e. The lowest BCUT2D eigenvalue weighted by Crippen LogP contribution is -2.49. The van der Waals surface area contributed by atoms with Gasteiger partial charge in [0.05, 0.1) is 0 Å². The number of carbonyl (C=O) groups is 1. The van der Waals surface area contributed by atoms with Crippen LogP contribution in [0.15, 0.2) is 53.1 Å². The highest BCUT2D eigenvalue weighted by Crippen LogP contribution is 2.15. The number of piperazine rings is 1. The molecule has 23 heavy (non-hydrogen) atoms. The van der Waals surface area contributed by atoms with E-state index in [9.17, 15) is 4.79 Å². The van der Waals surface area contributed by atoms with E-state index in [1.807, 2.05) is 41.4 Å². The Bertz CT molecular complexity index is 654. The molecule has 0 atom stereocenters. The van der Waals surface area contributed by atoms with Crippen LogP contribution in [0.5, 0.6) is 0 Å². The molecular weight excluding hydrogens is 354 g/mol. The van der Waals surface area contributed by atoms with Crippen LogP contribution >= 0.6 is 15.9 Å². The molecule has 0 radical (unpaired) electrons. The van der Waals surface area contributed by atoms with Crippen molar-refractivity contribution in [3.05, 3.63) is 58.7 Å². The highest BCUT2D eigenvalue weighted by molar-refractivity contribution is 9.10. The van der Waals surface area contributed by atoms with Crippen molar-refractivity contribution >= 4 is 27.7 Å². The fourth-order valence-electron chi connectivity index (χ4n) is 2.83. The number of benzene rings is 1. The van der Waals surface area contributed by atoms with Crippen LogP contribution in [-0.4, -0.2) is 42.0 Å². The highest BCUT2D eigenvalue weighted by atomic mass is 79.9. The molecule has 1 saturated heterocycles. The van der Waals surface area contributed by atoms with Gasteiger partial charge in [-0.1, -0.05) is 34.1 Å². The lowest BCUT2D eigenvalue weighted by atomic mass is 10.1. The highest BCUT2D eigenvalue weighted by Gasteiger charge is 2.21. The molecule has 0 bridgehead atoms. The molecular formula is C18H20BrN3O. The number of hydrogen-bond donors (Lipinski definition) is 0. The number of anilines is 1. The van der Waals surface area contributed by atoms with Gasteiger partial charge in [-0.3, -0.25) is 4.79 Å². The largest absolute Gasteiger partial charge is 0.353 e. The second-order valence-electron chi connectivity index (χ2n) is 5.69. The van der Waals surface area contributed by atoms with Crippen molar-refractivity contribution < 1.29 is 4.79 Å². The van der Waals surface area contributed by atoms with Gasteiger partial charge < -0.3 is 9.80 Å². The Morgan fingerprint density at radius 3 is 2.61 bits per heavy atom. The molecule has 1 aliphatic heterocycles. The molecule has 1 amide bonds. The summed E-state index contributed by atoms with van der Waals surface area (Å²) in [6.07, 6.45) is 3.17. The van der Waals surface area contributed by atoms with E-state index in [1.54, 1.807) is 0 Å². The van der Waals surface area contributed by atoms with E-state index in [0.29, 0.717) is 6.42 Å². The third-order valence-corrected chi connectivity index (χ3v) is 4.62. The Labute approximate surface area is 145 Å². The van der Waals surface area contributed by atoms with E-state index < -0.39 is 0 Å². The standard InChI is InChI=1S/C18H20BrN3O/c19-16-5-3-4-15(14-16)7-8-18(23)22-12-10-21(11-13-22)17-6-1-2-9-20-17/h1-6,9,14H,7-8,10-13H2. The topological polar surface area (TPSA) is 36.4 Å². The first-order valence-electron chi connectivity index (χ1n) is 7.90. The molecule has 120 valence electrons. The third kappa shape index (κ3) is 4.32. The maximum atomic E-state index is 12.4. The molecule has 1 aliphatic rings. The van der Waals surface area contributed by atoms with Crippen LogP contribution in [0.1, 0.15) is 12.0 Å². The number of hydrogen-bond acceptors (Lipinski definition) is 3. The Morgan fingerprint density at radius 2 is 1.91 bits per heavy atom. The summed E-state index contributed by atoms with van der Waals surface area (Å²) in [5, 5.41) is 0. The molecule has 0 N–H and O–H groups in total. The number of aromatic nitrogens is 1. The first kappa shape index (κ1) is 16.0. The van der Waals surface area contributed by atoms with Crippen LogP contribution in [0, 0.1) is 0 Å². The second kappa shape index (κ2) is 7.59. The molecule has 1 aromatic carbocycles. The van der Waals surface area contributed by atoms with Crippen molar-refractivity contribution in [1.29, 1.82) is 0 Å². The molecule has 0 saturated carbocycles. The number of nitrogens with zero attached hydrogens (tertiary/aromatic N) is 3. The molecule has 2 heterocycles. The van der Waals surface area contributed by atoms with Gasteiger partial charge in [0, 0.05) is 43.3 Å². The van der Waals surface area contributed by atoms with Gasteiger partial charge in [-0.05, 0) is 36.2 Å². The Morgan fingerprint density at radius 1 is 1.09 bits per heavy atom. The molecule has 0 aliphatic carbocycles. The SMILES string of the molecule is O=C(CCc1cccc(Br)c1)N1CCN(c2ccccn2)CC1. The number of carbonyl (C=O) groups excluding carboxylic acids is 1. The Hall–Kier alpha value is -1.88. The Kier molecular flexibility index (Phi) is 5.28. The minimum absolute atomic E-state index is 0.241. The van der Waals surface area contributed by atoms with Gasteiger partial charge in [-0.15, -0.1) is 0 Å². The average Bonchev–Trinajstić information content (AvgIpc) is 2.61. The Balaban J connectivity index is 1.48. The first-order valence-corrected chi connectivity index (χ1v) is 8.70. The molecule has 5 heteroatoms. The van der Waals surface area contributed by atoms with Gasteiger partial charge in [-0.2, -0.15) is 0 Å². The van der Waals surface area contributed by atoms with Crippen molar-refractivity contribution in [2.24, 2.45) is 0 Å². The normalized spacial score (nSPS) is 14.8. The van der Waals surface area contributed by atoms with E-state index in [1.165, 1.54) is 5.56 Å². The number of amides is 1. The summed E-state index contributed by atoms with van der Waals surface area (Å²) >= 11 is 3.47. The van der Waals surface area contributed by atoms with E-state index in [2.05, 4.69) is 37.9 Å². The van der Waals surface area contributed by atoms with Gasteiger partial charge in [-0.25, -0.2) is 4.98 Å². The van der Waals surface area contributed by atoms with E-state index in [0.717, 1.165) is 42.9 Å². The van der Waals surface area contributed by atoms with Crippen molar-refractivity contribution in [3.63, 3.8) is 0 Å². The van der Waals surface area contributed by atoms with Gasteiger partial charge in [0.25, 0.3) is 0 Å². The van der Waals surface area contributed by atoms with Crippen LogP contribution in [-0.2, 0) is 11.2 Å². The van der Waals surface area contributed by atoms with Crippen molar-refractivity contribution in [3.8, 4) is 0 Å². The molecule has 1 fully saturated rings. The van der Waals surface area contributed by atoms with Crippen LogP contribution in [0.4, 0.5) is 5.82 Å². The van der Waals surface area contributed by atoms with Crippen molar-refractivity contribution in [2.45, 2.75) is 12.8 Å². The predicted octanol–water partition coefficient (Wildman–Crippen LogP) is 3.13. The fourth-order valence-corrected chi connectivity index (χ4v) is 3.27. The summed E-state index contributed by atoms with van der Waals surface area (Å²) in [6.45, 7) is 3.24. The zero-order valence-corrected chi connectivity index (χ0v) is 14.6. The third-order valence-electron chi connectivity index (χ3n) is 4.12. The van der Waals surface area contributed by atoms with Crippen molar-refractivity contribution in [2.75, 3.05) is 31.1 Å². The maximum Gasteiger partial charge on any atom is 0.223 e. The van der Waals surface area contributed by atoms with Gasteiger partial charge in [0.1, 0.15) is 5.82 Å². The lowest BCUT2D eigenvalue weighted by molar-refractivity contribution is -0.131. The molecule has 0 unspecified atom stereocenters. The van der Waals surface area contributed by atoms with Crippen LogP contribution in [0.25, 0.3) is 0 Å². The molecule has 0 spiro atoms. The summed E-state index contributed by atoms with van der Waals surface area (Å²) < 4.78 is 1.06. The second-order valence-corrected chi connectivity index (χ2v) is 6.60. The van der Waals surface area contributed by atoms with Crippen LogP contribution < -0.4 is 4.90 Å². The monoisotopic (exact) mass is 373 g/mol. The maximum absolute atomic E-state index is 12.4. The zero-order chi connectivity index (χ0) is 16.1. The zero-order valence-electron chi connectivity index (χ0n) is 13.0. The summed E-state index contributed by atoms with van der Waals surface area (Å²) in [5.41, 5.74) is 1.19. The smallest absolute Gasteiger partial charge is 0.223 e. The van der Waals surface area contributed by atoms with Gasteiger partial charge in [0.2, 0.25) is 5.91 Å². The summed E-state index contributed by atoms with van der Waals surface area (Å²) in [5.74, 6) is 1.24. The first-order chi connectivity index (χ1) is 11.2. The number of halogens is 1. The van der Waals surface area contributed by atoms with Gasteiger partial charge >= 0.3 is 0 Å². The van der Waals surface area contributed by atoms with Crippen LogP contribution in [0.3, 0.4) is 0 Å². The molecule has 3 rings (SSSR count). The number of rotatable bonds is 4. The number of aryl methyl sites for hydroxylation is 1. The summed E-state index contributed by atoms with van der Waals surface area (Å²) in [7, 11) is 0. The number of pyridine rings is 1. The van der Waals surface area contributed by atoms with E-state index >= 15 is 0 Å². The summed E-state index contributed by atoms with van der Waals surface area (Å²) in [4.78, 5) is 21.0. The van der Waals surface area contributed by atoms with Crippen LogP contribution in [0.2, 0.25) is 0 Å². The van der Waals surface area contributed by atoms with Crippen molar-refractivity contribution in [1.82, 2.24) is 9.88 Å². The quantitative estimate of drug-likeness (QED) is 0.825.